The molecule has 1 aromatic heterocycles. The minimum atomic E-state index is 0.659. The van der Waals surface area contributed by atoms with Gasteiger partial charge in [-0.1, -0.05) is 54.6 Å². The van der Waals surface area contributed by atoms with Gasteiger partial charge in [0.15, 0.2) is 0 Å². The van der Waals surface area contributed by atoms with E-state index in [1.165, 1.54) is 0 Å². The van der Waals surface area contributed by atoms with Crippen molar-refractivity contribution in [3.05, 3.63) is 90.0 Å². The van der Waals surface area contributed by atoms with E-state index in [0.717, 1.165) is 38.8 Å². The number of furan rings is 1. The van der Waals surface area contributed by atoms with E-state index < -0.39 is 0 Å². The number of para-hydroxylation sites is 1. The summed E-state index contributed by atoms with van der Waals surface area (Å²) in [6.07, 6.45) is 1.90. The fourth-order valence-corrected chi connectivity index (χ4v) is 3.02. The Labute approximate surface area is 146 Å². The first-order valence-corrected chi connectivity index (χ1v) is 8.17. The molecule has 1 heterocycles. The molecule has 0 unspecified atom stereocenters. The zero-order chi connectivity index (χ0) is 17.2. The lowest BCUT2D eigenvalue weighted by atomic mass is 10.0. The van der Waals surface area contributed by atoms with Crippen LogP contribution in [-0.2, 0) is 0 Å². The van der Waals surface area contributed by atoms with Crippen LogP contribution in [0.2, 0.25) is 0 Å². The van der Waals surface area contributed by atoms with Gasteiger partial charge >= 0.3 is 0 Å². The van der Waals surface area contributed by atoms with E-state index in [1.807, 2.05) is 66.7 Å². The second-order valence-corrected chi connectivity index (χ2v) is 5.88. The van der Waals surface area contributed by atoms with Gasteiger partial charge in [-0.25, -0.2) is 0 Å². The van der Waals surface area contributed by atoms with Gasteiger partial charge in [-0.15, -0.1) is 0 Å². The smallest absolute Gasteiger partial charge is 0.136 e. The summed E-state index contributed by atoms with van der Waals surface area (Å²) in [5.74, 6) is 0. The average Bonchev–Trinajstić information content (AvgIpc) is 3.04. The predicted molar refractivity (Wildman–Crippen MR) is 105 cm³/mol. The van der Waals surface area contributed by atoms with Crippen LogP contribution in [0.15, 0.2) is 88.3 Å². The topological polar surface area (TPSA) is 51.5 Å². The minimum Gasteiger partial charge on any atom is -0.456 e. The number of benzene rings is 3. The maximum absolute atomic E-state index is 6.33. The van der Waals surface area contributed by atoms with Crippen molar-refractivity contribution in [3.63, 3.8) is 0 Å². The maximum atomic E-state index is 6.33. The molecule has 0 spiro atoms. The third kappa shape index (κ3) is 2.81. The van der Waals surface area contributed by atoms with Crippen molar-refractivity contribution in [2.45, 2.75) is 0 Å². The Morgan fingerprint density at radius 3 is 2.36 bits per heavy atom. The Kier molecular flexibility index (Phi) is 3.82. The summed E-state index contributed by atoms with van der Waals surface area (Å²) in [6, 6.07) is 24.1. The van der Waals surface area contributed by atoms with E-state index in [2.05, 4.69) is 17.1 Å². The Balaban J connectivity index is 1.76. The fourth-order valence-electron chi connectivity index (χ4n) is 3.02. The zero-order valence-corrected chi connectivity index (χ0v) is 13.9. The highest BCUT2D eigenvalue weighted by molar-refractivity contribution is 6.12. The number of fused-ring (bicyclic) bond motifs is 3. The van der Waals surface area contributed by atoms with Crippen LogP contribution in [0, 0.1) is 0 Å². The van der Waals surface area contributed by atoms with E-state index in [4.69, 9.17) is 10.2 Å². The van der Waals surface area contributed by atoms with Crippen LogP contribution >= 0.6 is 0 Å². The van der Waals surface area contributed by atoms with E-state index in [9.17, 15) is 0 Å². The number of hydrogen-bond acceptors (Lipinski definition) is 3. The minimum absolute atomic E-state index is 0.659. The van der Waals surface area contributed by atoms with Gasteiger partial charge in [0.05, 0.1) is 5.71 Å². The standard InChI is InChI=1S/C22H18N2O/c1-24-20(15-7-3-2-4-8-15)14-19(23)16-11-12-18-17-9-5-6-10-21(17)25-22(18)13-16/h2-14H,23H2,1H3. The molecular weight excluding hydrogens is 308 g/mol. The van der Waals surface area contributed by atoms with E-state index in [-0.39, 0.29) is 0 Å². The predicted octanol–water partition coefficient (Wildman–Crippen LogP) is 5.00. The van der Waals surface area contributed by atoms with Crippen molar-refractivity contribution >= 4 is 33.3 Å². The Morgan fingerprint density at radius 1 is 0.840 bits per heavy atom. The van der Waals surface area contributed by atoms with E-state index in [1.54, 1.807) is 7.05 Å². The number of nitrogens with two attached hydrogens (primary N) is 1. The van der Waals surface area contributed by atoms with Gasteiger partial charge in [0.1, 0.15) is 11.2 Å². The van der Waals surface area contributed by atoms with Gasteiger partial charge in [-0.3, -0.25) is 4.99 Å². The van der Waals surface area contributed by atoms with Gasteiger partial charge in [0.2, 0.25) is 0 Å². The first kappa shape index (κ1) is 15.2. The van der Waals surface area contributed by atoms with Crippen molar-refractivity contribution in [3.8, 4) is 0 Å². The molecule has 0 atom stereocenters. The summed E-state index contributed by atoms with van der Waals surface area (Å²) >= 11 is 0. The molecule has 3 heteroatoms. The quantitative estimate of drug-likeness (QED) is 0.538. The van der Waals surface area contributed by atoms with Crippen molar-refractivity contribution in [2.75, 3.05) is 7.05 Å². The molecule has 0 fully saturated rings. The molecule has 0 aliphatic heterocycles. The Hall–Kier alpha value is -3.33. The summed E-state index contributed by atoms with van der Waals surface area (Å²) in [6.45, 7) is 0. The molecule has 122 valence electrons. The third-order valence-corrected chi connectivity index (χ3v) is 4.31. The van der Waals surface area contributed by atoms with Crippen molar-refractivity contribution < 1.29 is 4.42 Å². The SMILES string of the molecule is CN=C(C=C(N)c1ccc2c(c1)oc1ccccc12)c1ccccc1. The molecule has 0 amide bonds. The monoisotopic (exact) mass is 326 g/mol. The van der Waals surface area contributed by atoms with E-state index in [0.29, 0.717) is 5.70 Å². The number of nitrogens with zero attached hydrogens (tertiary/aromatic N) is 1. The molecule has 0 aliphatic carbocycles. The van der Waals surface area contributed by atoms with Crippen molar-refractivity contribution in [2.24, 2.45) is 10.7 Å². The highest BCUT2D eigenvalue weighted by Crippen LogP contribution is 2.30. The van der Waals surface area contributed by atoms with Crippen LogP contribution in [0.4, 0.5) is 0 Å². The summed E-state index contributed by atoms with van der Waals surface area (Å²) in [7, 11) is 1.77. The summed E-state index contributed by atoms with van der Waals surface area (Å²) in [5, 5.41) is 2.21. The average molecular weight is 326 g/mol. The highest BCUT2D eigenvalue weighted by Gasteiger charge is 2.08. The second kappa shape index (κ2) is 6.29. The molecule has 0 saturated heterocycles. The first-order valence-electron chi connectivity index (χ1n) is 8.17. The third-order valence-electron chi connectivity index (χ3n) is 4.31. The number of hydrogen-bond donors (Lipinski definition) is 1. The lowest BCUT2D eigenvalue weighted by Gasteiger charge is -2.05. The highest BCUT2D eigenvalue weighted by atomic mass is 16.3. The maximum Gasteiger partial charge on any atom is 0.136 e. The zero-order valence-electron chi connectivity index (χ0n) is 13.9. The van der Waals surface area contributed by atoms with Crippen LogP contribution in [-0.4, -0.2) is 12.8 Å². The molecule has 4 aromatic rings. The lowest BCUT2D eigenvalue weighted by Crippen LogP contribution is -2.03. The van der Waals surface area contributed by atoms with Gasteiger partial charge in [0, 0.05) is 29.1 Å². The normalized spacial score (nSPS) is 12.8. The Bertz CT molecular complexity index is 1100. The first-order chi connectivity index (χ1) is 12.3. The number of allylic oxidation sites excluding steroid dienone is 1. The molecule has 0 radical (unpaired) electrons. The molecular formula is C22H18N2O. The molecule has 3 aromatic carbocycles. The molecule has 0 bridgehead atoms. The summed E-state index contributed by atoms with van der Waals surface area (Å²) in [5.41, 5.74) is 11.5. The van der Waals surface area contributed by atoms with E-state index >= 15 is 0 Å². The summed E-state index contributed by atoms with van der Waals surface area (Å²) in [4.78, 5) is 4.36. The van der Waals surface area contributed by atoms with Crippen molar-refractivity contribution in [1.29, 1.82) is 0 Å². The number of aliphatic imine (C=N–C) groups is 1. The fraction of sp³-hybridized carbons (Fsp3) is 0.0455. The molecule has 0 saturated carbocycles. The van der Waals surface area contributed by atoms with Crippen LogP contribution in [0.25, 0.3) is 27.6 Å². The van der Waals surface area contributed by atoms with Gasteiger partial charge in [0.25, 0.3) is 0 Å². The molecule has 3 nitrogen and oxygen atoms in total. The van der Waals surface area contributed by atoms with Crippen LogP contribution in [0.5, 0.6) is 0 Å². The Morgan fingerprint density at radius 2 is 1.56 bits per heavy atom. The molecule has 0 aliphatic rings. The van der Waals surface area contributed by atoms with Crippen molar-refractivity contribution in [1.82, 2.24) is 0 Å². The van der Waals surface area contributed by atoms with Gasteiger partial charge < -0.3 is 10.2 Å². The summed E-state index contributed by atoms with van der Waals surface area (Å²) < 4.78 is 5.95. The van der Waals surface area contributed by atoms with Crippen LogP contribution in [0.3, 0.4) is 0 Å². The number of rotatable bonds is 3. The largest absolute Gasteiger partial charge is 0.456 e. The molecule has 4 rings (SSSR count). The van der Waals surface area contributed by atoms with Gasteiger partial charge in [-0.05, 0) is 29.8 Å². The van der Waals surface area contributed by atoms with Gasteiger partial charge in [-0.2, -0.15) is 0 Å². The lowest BCUT2D eigenvalue weighted by molar-refractivity contribution is 0.669. The van der Waals surface area contributed by atoms with Crippen LogP contribution < -0.4 is 5.73 Å². The molecule has 2 N–H and O–H groups in total. The second-order valence-electron chi connectivity index (χ2n) is 5.88. The van der Waals surface area contributed by atoms with Crippen LogP contribution in [0.1, 0.15) is 11.1 Å². The molecule has 25 heavy (non-hydrogen) atoms.